The zero-order valence-electron chi connectivity index (χ0n) is 9.62. The number of hydrogen-bond donors (Lipinski definition) is 0. The first-order chi connectivity index (χ1) is 7.41. The maximum atomic E-state index is 11.2. The molecule has 1 heterocycles. The summed E-state index contributed by atoms with van der Waals surface area (Å²) in [4.78, 5) is 22.2. The van der Waals surface area contributed by atoms with Gasteiger partial charge in [-0.1, -0.05) is 6.58 Å². The van der Waals surface area contributed by atoms with Crippen LogP contribution in [0.25, 0.3) is 0 Å². The molecule has 0 spiro atoms. The van der Waals surface area contributed by atoms with Crippen LogP contribution in [0.15, 0.2) is 27.4 Å². The summed E-state index contributed by atoms with van der Waals surface area (Å²) in [6.45, 7) is 8.58. The molecule has 1 rings (SSSR count). The van der Waals surface area contributed by atoms with Gasteiger partial charge in [0, 0.05) is 17.2 Å². The van der Waals surface area contributed by atoms with Crippen molar-refractivity contribution >= 4 is 5.97 Å². The van der Waals surface area contributed by atoms with E-state index in [4.69, 9.17) is 9.15 Å². The highest BCUT2D eigenvalue weighted by Gasteiger charge is 2.10. The van der Waals surface area contributed by atoms with Gasteiger partial charge in [-0.2, -0.15) is 0 Å². The molecule has 0 saturated heterocycles. The Morgan fingerprint density at radius 1 is 1.50 bits per heavy atom. The summed E-state index contributed by atoms with van der Waals surface area (Å²) in [6.07, 6.45) is 0. The quantitative estimate of drug-likeness (QED) is 0.578. The SMILES string of the molecule is C=C(C)C(=O)OCc1c(C)cc(=O)oc1C. The Labute approximate surface area is 93.5 Å². The monoisotopic (exact) mass is 222 g/mol. The molecular formula is C12H14O4. The molecule has 0 amide bonds. The molecule has 0 aliphatic heterocycles. The maximum absolute atomic E-state index is 11.2. The first-order valence-corrected chi connectivity index (χ1v) is 4.84. The molecule has 4 nitrogen and oxygen atoms in total. The van der Waals surface area contributed by atoms with Gasteiger partial charge in [-0.05, 0) is 26.3 Å². The Bertz CT molecular complexity index is 456. The van der Waals surface area contributed by atoms with Crippen molar-refractivity contribution in [2.75, 3.05) is 0 Å². The van der Waals surface area contributed by atoms with E-state index < -0.39 is 11.6 Å². The Balaban J connectivity index is 2.86. The molecule has 0 N–H and O–H groups in total. The predicted molar refractivity (Wildman–Crippen MR) is 59.1 cm³/mol. The summed E-state index contributed by atoms with van der Waals surface area (Å²) in [5.41, 5.74) is 1.41. The molecule has 0 aliphatic carbocycles. The van der Waals surface area contributed by atoms with Crippen molar-refractivity contribution in [3.05, 3.63) is 45.5 Å². The van der Waals surface area contributed by atoms with Crippen LogP contribution < -0.4 is 5.63 Å². The molecule has 0 aromatic carbocycles. The average Bonchev–Trinajstić information content (AvgIpc) is 2.15. The number of rotatable bonds is 3. The summed E-state index contributed by atoms with van der Waals surface area (Å²) in [6, 6.07) is 1.37. The van der Waals surface area contributed by atoms with Crippen LogP contribution >= 0.6 is 0 Å². The third-order valence-corrected chi connectivity index (χ3v) is 2.19. The van der Waals surface area contributed by atoms with Crippen LogP contribution in [0.3, 0.4) is 0 Å². The van der Waals surface area contributed by atoms with E-state index in [1.807, 2.05) is 0 Å². The van der Waals surface area contributed by atoms with E-state index in [1.165, 1.54) is 6.07 Å². The number of carbonyl (C=O) groups is 1. The second-order valence-corrected chi connectivity index (χ2v) is 3.64. The van der Waals surface area contributed by atoms with Crippen molar-refractivity contribution in [3.8, 4) is 0 Å². The highest BCUT2D eigenvalue weighted by molar-refractivity contribution is 5.86. The maximum Gasteiger partial charge on any atom is 0.336 e. The zero-order valence-corrected chi connectivity index (χ0v) is 9.62. The fourth-order valence-electron chi connectivity index (χ4n) is 1.26. The van der Waals surface area contributed by atoms with Gasteiger partial charge < -0.3 is 9.15 Å². The zero-order chi connectivity index (χ0) is 12.3. The molecular weight excluding hydrogens is 208 g/mol. The van der Waals surface area contributed by atoms with Crippen LogP contribution in [0.4, 0.5) is 0 Å². The Morgan fingerprint density at radius 2 is 2.12 bits per heavy atom. The van der Waals surface area contributed by atoms with Gasteiger partial charge in [0.2, 0.25) is 0 Å². The minimum absolute atomic E-state index is 0.0904. The molecule has 0 atom stereocenters. The largest absolute Gasteiger partial charge is 0.457 e. The summed E-state index contributed by atoms with van der Waals surface area (Å²) in [5.74, 6) is 0.0181. The third kappa shape index (κ3) is 2.82. The van der Waals surface area contributed by atoms with E-state index in [0.29, 0.717) is 16.9 Å². The predicted octanol–water partition coefficient (Wildman–Crippen LogP) is 1.88. The molecule has 0 aliphatic rings. The van der Waals surface area contributed by atoms with Crippen molar-refractivity contribution in [1.82, 2.24) is 0 Å². The summed E-state index contributed by atoms with van der Waals surface area (Å²) in [5, 5.41) is 0. The third-order valence-electron chi connectivity index (χ3n) is 2.19. The van der Waals surface area contributed by atoms with Gasteiger partial charge in [0.15, 0.2) is 0 Å². The standard InChI is InChI=1S/C12H14O4/c1-7(2)12(14)15-6-10-8(3)5-11(13)16-9(10)4/h5H,1,6H2,2-4H3. The lowest BCUT2D eigenvalue weighted by Crippen LogP contribution is -2.09. The molecule has 0 fully saturated rings. The van der Waals surface area contributed by atoms with Gasteiger partial charge in [0.25, 0.3) is 0 Å². The summed E-state index contributed by atoms with van der Waals surface area (Å²) < 4.78 is 9.90. The molecule has 16 heavy (non-hydrogen) atoms. The van der Waals surface area contributed by atoms with E-state index in [-0.39, 0.29) is 6.61 Å². The van der Waals surface area contributed by atoms with Crippen LogP contribution in [0, 0.1) is 13.8 Å². The minimum atomic E-state index is -0.454. The van der Waals surface area contributed by atoms with Gasteiger partial charge in [-0.15, -0.1) is 0 Å². The van der Waals surface area contributed by atoms with E-state index >= 15 is 0 Å². The fraction of sp³-hybridized carbons (Fsp3) is 0.333. The van der Waals surface area contributed by atoms with Crippen LogP contribution in [0.2, 0.25) is 0 Å². The molecule has 1 aromatic rings. The van der Waals surface area contributed by atoms with E-state index in [9.17, 15) is 9.59 Å². The number of aryl methyl sites for hydroxylation is 2. The first kappa shape index (κ1) is 12.2. The Hall–Kier alpha value is -1.84. The number of ether oxygens (including phenoxy) is 1. The molecule has 0 unspecified atom stereocenters. The van der Waals surface area contributed by atoms with Gasteiger partial charge in [0.1, 0.15) is 12.4 Å². The lowest BCUT2D eigenvalue weighted by Gasteiger charge is -2.08. The average molecular weight is 222 g/mol. The van der Waals surface area contributed by atoms with Gasteiger partial charge in [-0.25, -0.2) is 9.59 Å². The van der Waals surface area contributed by atoms with E-state index in [0.717, 1.165) is 5.56 Å². The smallest absolute Gasteiger partial charge is 0.336 e. The lowest BCUT2D eigenvalue weighted by molar-refractivity contribution is -0.140. The number of hydrogen-bond acceptors (Lipinski definition) is 4. The lowest BCUT2D eigenvalue weighted by atomic mass is 10.1. The second-order valence-electron chi connectivity index (χ2n) is 3.64. The number of carbonyl (C=O) groups excluding carboxylic acids is 1. The molecule has 1 aromatic heterocycles. The highest BCUT2D eigenvalue weighted by atomic mass is 16.5. The van der Waals surface area contributed by atoms with Crippen molar-refractivity contribution in [2.24, 2.45) is 0 Å². The fourth-order valence-corrected chi connectivity index (χ4v) is 1.26. The minimum Gasteiger partial charge on any atom is -0.457 e. The number of esters is 1. The van der Waals surface area contributed by atoms with Crippen molar-refractivity contribution in [2.45, 2.75) is 27.4 Å². The normalized spacial score (nSPS) is 9.94. The molecule has 0 radical (unpaired) electrons. The van der Waals surface area contributed by atoms with Gasteiger partial charge >= 0.3 is 11.6 Å². The van der Waals surface area contributed by atoms with Crippen LogP contribution in [-0.4, -0.2) is 5.97 Å². The van der Waals surface area contributed by atoms with Crippen LogP contribution in [0.5, 0.6) is 0 Å². The molecule has 0 bridgehead atoms. The highest BCUT2D eigenvalue weighted by Crippen LogP contribution is 2.12. The Kier molecular flexibility index (Phi) is 3.66. The van der Waals surface area contributed by atoms with Crippen molar-refractivity contribution in [3.63, 3.8) is 0 Å². The topological polar surface area (TPSA) is 56.5 Å². The van der Waals surface area contributed by atoms with E-state index in [2.05, 4.69) is 6.58 Å². The molecule has 86 valence electrons. The van der Waals surface area contributed by atoms with Crippen LogP contribution in [-0.2, 0) is 16.1 Å². The van der Waals surface area contributed by atoms with Crippen LogP contribution in [0.1, 0.15) is 23.8 Å². The van der Waals surface area contributed by atoms with Crippen molar-refractivity contribution < 1.29 is 13.9 Å². The molecule has 4 heteroatoms. The second kappa shape index (κ2) is 4.79. The summed E-state index contributed by atoms with van der Waals surface area (Å²) in [7, 11) is 0. The van der Waals surface area contributed by atoms with Crippen molar-refractivity contribution in [1.29, 1.82) is 0 Å². The molecule has 0 saturated carbocycles. The van der Waals surface area contributed by atoms with Gasteiger partial charge in [0.05, 0.1) is 0 Å². The van der Waals surface area contributed by atoms with E-state index in [1.54, 1.807) is 20.8 Å². The summed E-state index contributed by atoms with van der Waals surface area (Å²) >= 11 is 0. The van der Waals surface area contributed by atoms with Gasteiger partial charge in [-0.3, -0.25) is 0 Å². The first-order valence-electron chi connectivity index (χ1n) is 4.84. The Morgan fingerprint density at radius 3 is 2.62 bits per heavy atom.